The van der Waals surface area contributed by atoms with E-state index in [0.29, 0.717) is 48.6 Å². The molecule has 2 aliphatic rings. The zero-order valence-electron chi connectivity index (χ0n) is 17.3. The Kier molecular flexibility index (Phi) is 4.79. The van der Waals surface area contributed by atoms with E-state index in [2.05, 4.69) is 9.88 Å². The van der Waals surface area contributed by atoms with Crippen LogP contribution in [0.15, 0.2) is 72.9 Å². The summed E-state index contributed by atoms with van der Waals surface area (Å²) in [7, 11) is 1.60. The van der Waals surface area contributed by atoms with E-state index in [4.69, 9.17) is 4.74 Å². The number of fused-ring (bicyclic) bond motifs is 1. The van der Waals surface area contributed by atoms with Crippen LogP contribution in [0.4, 0.5) is 5.82 Å². The van der Waals surface area contributed by atoms with Crippen LogP contribution >= 0.6 is 0 Å². The van der Waals surface area contributed by atoms with Crippen molar-refractivity contribution in [3.63, 3.8) is 0 Å². The number of hydrogen-bond donors (Lipinski definition) is 0. The molecule has 6 nitrogen and oxygen atoms in total. The van der Waals surface area contributed by atoms with Crippen LogP contribution in [-0.2, 0) is 5.54 Å². The highest BCUT2D eigenvalue weighted by atomic mass is 16.5. The maximum Gasteiger partial charge on any atom is 0.196 e. The maximum atomic E-state index is 13.8. The number of rotatable bonds is 4. The van der Waals surface area contributed by atoms with Crippen LogP contribution in [0.5, 0.6) is 5.75 Å². The van der Waals surface area contributed by atoms with Crippen molar-refractivity contribution >= 4 is 17.4 Å². The van der Waals surface area contributed by atoms with Gasteiger partial charge in [0.05, 0.1) is 7.11 Å². The third kappa shape index (κ3) is 2.94. The fraction of sp³-hybridized carbons (Fsp3) is 0.240. The van der Waals surface area contributed by atoms with E-state index < -0.39 is 5.54 Å². The average Bonchev–Trinajstić information content (AvgIpc) is 3.07. The van der Waals surface area contributed by atoms with Gasteiger partial charge in [0.15, 0.2) is 17.1 Å². The molecule has 2 heterocycles. The van der Waals surface area contributed by atoms with Gasteiger partial charge in [-0.15, -0.1) is 0 Å². The van der Waals surface area contributed by atoms with Gasteiger partial charge in [-0.05, 0) is 29.8 Å². The molecule has 0 radical (unpaired) electrons. The Balaban J connectivity index is 1.55. The molecule has 1 fully saturated rings. The summed E-state index contributed by atoms with van der Waals surface area (Å²) in [6.07, 6.45) is 1.78. The summed E-state index contributed by atoms with van der Waals surface area (Å²) >= 11 is 0. The number of piperazine rings is 1. The zero-order valence-corrected chi connectivity index (χ0v) is 17.3. The fourth-order valence-corrected chi connectivity index (χ4v) is 4.75. The second kappa shape index (κ2) is 7.63. The third-order valence-electron chi connectivity index (χ3n) is 6.31. The lowest BCUT2D eigenvalue weighted by atomic mass is 9.82. The second-order valence-corrected chi connectivity index (χ2v) is 7.80. The molecule has 0 atom stereocenters. The summed E-state index contributed by atoms with van der Waals surface area (Å²) in [6, 6.07) is 20.3. The van der Waals surface area contributed by atoms with Crippen molar-refractivity contribution in [3.05, 3.63) is 89.6 Å². The van der Waals surface area contributed by atoms with E-state index >= 15 is 0 Å². The molecule has 5 rings (SSSR count). The van der Waals surface area contributed by atoms with Crippen molar-refractivity contribution in [3.8, 4) is 5.75 Å². The van der Waals surface area contributed by atoms with Gasteiger partial charge in [-0.25, -0.2) is 4.98 Å². The minimum atomic E-state index is -1.34. The highest BCUT2D eigenvalue weighted by Gasteiger charge is 2.58. The number of pyridine rings is 1. The van der Waals surface area contributed by atoms with Gasteiger partial charge in [0.25, 0.3) is 0 Å². The number of benzene rings is 2. The smallest absolute Gasteiger partial charge is 0.196 e. The molecule has 0 N–H and O–H groups in total. The van der Waals surface area contributed by atoms with Crippen LogP contribution in [-0.4, -0.2) is 54.7 Å². The Hall–Kier alpha value is -3.51. The van der Waals surface area contributed by atoms with E-state index in [1.807, 2.05) is 59.5 Å². The van der Waals surface area contributed by atoms with Gasteiger partial charge in [-0.2, -0.15) is 0 Å². The van der Waals surface area contributed by atoms with E-state index in [9.17, 15) is 9.59 Å². The monoisotopic (exact) mass is 413 g/mol. The molecule has 0 spiro atoms. The molecule has 6 heteroatoms. The molecule has 0 unspecified atom stereocenters. The zero-order chi connectivity index (χ0) is 21.4. The summed E-state index contributed by atoms with van der Waals surface area (Å²) < 4.78 is 5.29. The fourth-order valence-electron chi connectivity index (χ4n) is 4.75. The van der Waals surface area contributed by atoms with Crippen molar-refractivity contribution in [2.24, 2.45) is 0 Å². The third-order valence-corrected chi connectivity index (χ3v) is 6.31. The van der Waals surface area contributed by atoms with Crippen LogP contribution in [0.1, 0.15) is 26.3 Å². The lowest BCUT2D eigenvalue weighted by Crippen LogP contribution is -2.60. The Morgan fingerprint density at radius 3 is 1.97 bits per heavy atom. The van der Waals surface area contributed by atoms with Crippen LogP contribution in [0.2, 0.25) is 0 Å². The summed E-state index contributed by atoms with van der Waals surface area (Å²) in [6.45, 7) is 2.53. The van der Waals surface area contributed by atoms with Crippen molar-refractivity contribution in [2.75, 3.05) is 38.2 Å². The Morgan fingerprint density at radius 1 is 0.806 bits per heavy atom. The predicted octanol–water partition coefficient (Wildman–Crippen LogP) is 3.19. The predicted molar refractivity (Wildman–Crippen MR) is 118 cm³/mol. The van der Waals surface area contributed by atoms with E-state index in [0.717, 1.165) is 5.82 Å². The molecule has 0 saturated carbocycles. The Morgan fingerprint density at radius 2 is 1.42 bits per heavy atom. The highest BCUT2D eigenvalue weighted by Crippen LogP contribution is 2.43. The molecule has 31 heavy (non-hydrogen) atoms. The lowest BCUT2D eigenvalue weighted by molar-refractivity contribution is 0.0461. The quantitative estimate of drug-likeness (QED) is 0.612. The first-order valence-corrected chi connectivity index (χ1v) is 10.4. The number of aromatic nitrogens is 1. The molecule has 0 amide bonds. The molecular weight excluding hydrogens is 390 g/mol. The number of ether oxygens (including phenoxy) is 1. The SMILES string of the molecule is COc1ccc(C2(N3CCN(c4ccccn4)CC3)C(=O)c3ccccc3C2=O)cc1. The molecular formula is C25H23N3O3. The minimum absolute atomic E-state index is 0.149. The van der Waals surface area contributed by atoms with E-state index in [1.54, 1.807) is 25.4 Å². The number of nitrogens with zero attached hydrogens (tertiary/aromatic N) is 3. The standard InChI is InChI=1S/C25H23N3O3/c1-31-19-11-9-18(10-12-19)25(23(29)20-6-2-3-7-21(20)24(25)30)28-16-14-27(15-17-28)22-8-4-5-13-26-22/h2-13H,14-17H2,1H3. The Labute approximate surface area is 181 Å². The first-order valence-electron chi connectivity index (χ1n) is 10.4. The number of Topliss-reactive ketones (excluding diaryl/α,β-unsaturated/α-hetero) is 2. The molecule has 0 bridgehead atoms. The summed E-state index contributed by atoms with van der Waals surface area (Å²) in [5.74, 6) is 1.30. The van der Waals surface area contributed by atoms with Gasteiger partial charge in [0, 0.05) is 43.5 Å². The van der Waals surface area contributed by atoms with Crippen LogP contribution in [0, 0.1) is 0 Å². The summed E-state index contributed by atoms with van der Waals surface area (Å²) in [5, 5.41) is 0. The first-order chi connectivity index (χ1) is 15.2. The summed E-state index contributed by atoms with van der Waals surface area (Å²) in [4.78, 5) is 36.3. The highest BCUT2D eigenvalue weighted by molar-refractivity contribution is 6.32. The minimum Gasteiger partial charge on any atom is -0.497 e. The first kappa shape index (κ1) is 19.5. The molecule has 1 aliphatic heterocycles. The van der Waals surface area contributed by atoms with Gasteiger partial charge in [-0.1, -0.05) is 42.5 Å². The maximum absolute atomic E-state index is 13.8. The molecule has 156 valence electrons. The van der Waals surface area contributed by atoms with Gasteiger partial charge in [-0.3, -0.25) is 14.5 Å². The largest absolute Gasteiger partial charge is 0.497 e. The topological polar surface area (TPSA) is 62.7 Å². The van der Waals surface area contributed by atoms with Crippen molar-refractivity contribution in [1.82, 2.24) is 9.88 Å². The number of carbonyl (C=O) groups excluding carboxylic acids is 2. The Bertz CT molecular complexity index is 1090. The molecule has 1 aromatic heterocycles. The summed E-state index contributed by atoms with van der Waals surface area (Å²) in [5.41, 5.74) is 0.336. The molecule has 2 aromatic carbocycles. The van der Waals surface area contributed by atoms with Gasteiger partial charge < -0.3 is 9.64 Å². The second-order valence-electron chi connectivity index (χ2n) is 7.80. The van der Waals surface area contributed by atoms with Gasteiger partial charge >= 0.3 is 0 Å². The molecule has 3 aromatic rings. The number of anilines is 1. The average molecular weight is 413 g/mol. The van der Waals surface area contributed by atoms with E-state index in [1.165, 1.54) is 0 Å². The molecule has 1 aliphatic carbocycles. The number of carbonyl (C=O) groups is 2. The molecule has 1 saturated heterocycles. The van der Waals surface area contributed by atoms with E-state index in [-0.39, 0.29) is 11.6 Å². The normalized spacial score (nSPS) is 18.2. The van der Waals surface area contributed by atoms with Gasteiger partial charge in [0.2, 0.25) is 0 Å². The number of ketones is 2. The van der Waals surface area contributed by atoms with Crippen LogP contribution in [0.3, 0.4) is 0 Å². The number of methoxy groups -OCH3 is 1. The van der Waals surface area contributed by atoms with Crippen molar-refractivity contribution in [1.29, 1.82) is 0 Å². The van der Waals surface area contributed by atoms with Gasteiger partial charge in [0.1, 0.15) is 11.6 Å². The lowest BCUT2D eigenvalue weighted by Gasteiger charge is -2.44. The van der Waals surface area contributed by atoms with Crippen molar-refractivity contribution < 1.29 is 14.3 Å². The van der Waals surface area contributed by atoms with Crippen LogP contribution in [0.25, 0.3) is 0 Å². The van der Waals surface area contributed by atoms with Crippen LogP contribution < -0.4 is 9.64 Å². The number of hydrogen-bond acceptors (Lipinski definition) is 6. The van der Waals surface area contributed by atoms with Crippen molar-refractivity contribution in [2.45, 2.75) is 5.54 Å².